The van der Waals surface area contributed by atoms with Gasteiger partial charge in [0.2, 0.25) is 0 Å². The van der Waals surface area contributed by atoms with E-state index in [1.807, 2.05) is 4.90 Å². The van der Waals surface area contributed by atoms with E-state index in [9.17, 15) is 18.3 Å². The lowest BCUT2D eigenvalue weighted by Gasteiger charge is -2.36. The number of hydrogen-bond acceptors (Lipinski definition) is 4. The van der Waals surface area contributed by atoms with Crippen LogP contribution >= 0.6 is 56.7 Å². The zero-order chi connectivity index (χ0) is 17.9. The highest BCUT2D eigenvalue weighted by Gasteiger charge is 2.33. The van der Waals surface area contributed by atoms with Crippen molar-refractivity contribution in [2.75, 3.05) is 33.3 Å². The monoisotopic (exact) mass is 546 g/mol. The van der Waals surface area contributed by atoms with E-state index in [1.165, 1.54) is 7.11 Å². The molecule has 1 heterocycles. The van der Waals surface area contributed by atoms with E-state index in [4.69, 9.17) is 4.74 Å². The fourth-order valence-electron chi connectivity index (χ4n) is 2.84. The van der Waals surface area contributed by atoms with Gasteiger partial charge in [-0.1, -0.05) is 0 Å². The van der Waals surface area contributed by atoms with Gasteiger partial charge in [-0.05, 0) is 49.9 Å². The molecule has 0 saturated carbocycles. The molecule has 2 rings (SSSR count). The van der Waals surface area contributed by atoms with E-state index < -0.39 is 18.6 Å². The molecule has 4 nitrogen and oxygen atoms in total. The van der Waals surface area contributed by atoms with Crippen LogP contribution < -0.4 is 10.1 Å². The molecule has 1 aliphatic heterocycles. The smallest absolute Gasteiger partial charge is 0.389 e. The minimum atomic E-state index is -4.21. The van der Waals surface area contributed by atoms with Crippen molar-refractivity contribution in [1.29, 1.82) is 0 Å². The first-order valence-electron chi connectivity index (χ1n) is 7.51. The first kappa shape index (κ1) is 26.1. The molecule has 1 saturated heterocycles. The maximum absolute atomic E-state index is 12.8. The molecule has 0 radical (unpaired) electrons. The van der Waals surface area contributed by atoms with Crippen molar-refractivity contribution in [1.82, 2.24) is 10.2 Å². The minimum absolute atomic E-state index is 0. The Morgan fingerprint density at radius 1 is 1.23 bits per heavy atom. The van der Waals surface area contributed by atoms with Crippen molar-refractivity contribution >= 4 is 56.7 Å². The van der Waals surface area contributed by atoms with Gasteiger partial charge in [-0.2, -0.15) is 13.2 Å². The van der Waals surface area contributed by atoms with Crippen molar-refractivity contribution < 1.29 is 23.0 Å². The fraction of sp³-hybridized carbons (Fsp3) is 0.600. The summed E-state index contributed by atoms with van der Waals surface area (Å²) < 4.78 is 44.4. The number of ether oxygens (including phenoxy) is 1. The summed E-state index contributed by atoms with van der Waals surface area (Å²) in [6, 6.07) is 1.18. The van der Waals surface area contributed by atoms with Gasteiger partial charge in [-0.15, -0.1) is 24.8 Å². The molecule has 1 aromatic rings. The maximum Gasteiger partial charge on any atom is 0.389 e. The zero-order valence-corrected chi connectivity index (χ0v) is 18.7. The molecule has 1 fully saturated rings. The number of rotatable bonds is 5. The van der Waals surface area contributed by atoms with Gasteiger partial charge in [0.15, 0.2) is 11.5 Å². The van der Waals surface area contributed by atoms with Crippen LogP contribution in [0.4, 0.5) is 13.2 Å². The zero-order valence-electron chi connectivity index (χ0n) is 13.9. The van der Waals surface area contributed by atoms with Crippen LogP contribution in [0.25, 0.3) is 0 Å². The minimum Gasteiger partial charge on any atom is -0.503 e. The number of piperazine rings is 1. The van der Waals surface area contributed by atoms with Gasteiger partial charge < -0.3 is 15.2 Å². The van der Waals surface area contributed by atoms with E-state index in [0.717, 1.165) is 13.1 Å². The summed E-state index contributed by atoms with van der Waals surface area (Å²) in [7, 11) is 1.41. The summed E-state index contributed by atoms with van der Waals surface area (Å²) in [5, 5.41) is 13.3. The topological polar surface area (TPSA) is 44.7 Å². The Labute approximate surface area is 179 Å². The number of nitrogens with zero attached hydrogens (tertiary/aromatic N) is 1. The Kier molecular flexibility index (Phi) is 11.2. The first-order chi connectivity index (χ1) is 11.2. The van der Waals surface area contributed by atoms with Crippen LogP contribution in [0, 0.1) is 0 Å². The summed E-state index contributed by atoms with van der Waals surface area (Å²) in [5.74, 6) is 0.148. The maximum atomic E-state index is 12.8. The number of methoxy groups -OCH3 is 1. The Hall–Kier alpha value is 0.0700. The summed E-state index contributed by atoms with van der Waals surface area (Å²) >= 11 is 6.67. The number of phenols is 1. The number of halogens is 7. The molecule has 0 aromatic heterocycles. The van der Waals surface area contributed by atoms with Crippen LogP contribution in [-0.4, -0.2) is 49.5 Å². The summed E-state index contributed by atoms with van der Waals surface area (Å²) in [5.41, 5.74) is 0.669. The molecular formula is C15H21Br2Cl2F3N2O2. The Morgan fingerprint density at radius 2 is 1.81 bits per heavy atom. The number of phenolic OH excluding ortho intramolecular Hbond substituents is 1. The highest BCUT2D eigenvalue weighted by atomic mass is 79.9. The van der Waals surface area contributed by atoms with Crippen molar-refractivity contribution in [3.63, 3.8) is 0 Å². The van der Waals surface area contributed by atoms with E-state index in [0.29, 0.717) is 27.6 Å². The lowest BCUT2D eigenvalue weighted by molar-refractivity contribution is -0.138. The third kappa shape index (κ3) is 6.60. The number of hydrogen-bond donors (Lipinski definition) is 2. The molecule has 1 atom stereocenters. The summed E-state index contributed by atoms with van der Waals surface area (Å²) in [4.78, 5) is 2.03. The SMILES string of the molecule is COc1cc([C@H](CCC(F)(F)F)N2CCNCC2)c(Br)c(Br)c1O.Cl.Cl. The third-order valence-corrected chi connectivity index (χ3v) is 6.21. The molecule has 11 heteroatoms. The molecule has 0 bridgehead atoms. The largest absolute Gasteiger partial charge is 0.503 e. The predicted octanol–water partition coefficient (Wildman–Crippen LogP) is 5.06. The van der Waals surface area contributed by atoms with Gasteiger partial charge in [-0.3, -0.25) is 4.90 Å². The number of nitrogens with one attached hydrogen (secondary N) is 1. The van der Waals surface area contributed by atoms with E-state index >= 15 is 0 Å². The molecule has 26 heavy (non-hydrogen) atoms. The van der Waals surface area contributed by atoms with Gasteiger partial charge in [0.1, 0.15) is 0 Å². The number of alkyl halides is 3. The van der Waals surface area contributed by atoms with Crippen molar-refractivity contribution in [2.45, 2.75) is 25.1 Å². The summed E-state index contributed by atoms with van der Waals surface area (Å²) in [6.07, 6.45) is -5.13. The molecule has 0 aliphatic carbocycles. The van der Waals surface area contributed by atoms with Crippen LogP contribution in [0.15, 0.2) is 15.0 Å². The number of aromatic hydroxyl groups is 1. The van der Waals surface area contributed by atoms with Crippen LogP contribution in [0.2, 0.25) is 0 Å². The lowest BCUT2D eigenvalue weighted by atomic mass is 9.98. The molecule has 1 aromatic carbocycles. The lowest BCUT2D eigenvalue weighted by Crippen LogP contribution is -2.45. The van der Waals surface area contributed by atoms with Gasteiger partial charge >= 0.3 is 6.18 Å². The van der Waals surface area contributed by atoms with Crippen LogP contribution in [-0.2, 0) is 0 Å². The molecule has 2 N–H and O–H groups in total. The highest BCUT2D eigenvalue weighted by molar-refractivity contribution is 9.13. The second kappa shape index (κ2) is 11.2. The van der Waals surface area contributed by atoms with E-state index in [-0.39, 0.29) is 42.7 Å². The van der Waals surface area contributed by atoms with Gasteiger partial charge in [-0.25, -0.2) is 0 Å². The normalized spacial score (nSPS) is 16.4. The quantitative estimate of drug-likeness (QED) is 0.540. The first-order valence-corrected chi connectivity index (χ1v) is 9.09. The van der Waals surface area contributed by atoms with Crippen LogP contribution in [0.5, 0.6) is 11.5 Å². The predicted molar refractivity (Wildman–Crippen MR) is 107 cm³/mol. The second-order valence-corrected chi connectivity index (χ2v) is 7.19. The highest BCUT2D eigenvalue weighted by Crippen LogP contribution is 2.46. The van der Waals surface area contributed by atoms with E-state index in [2.05, 4.69) is 37.2 Å². The third-order valence-electron chi connectivity index (χ3n) is 4.05. The van der Waals surface area contributed by atoms with E-state index in [1.54, 1.807) is 6.07 Å². The Bertz CT molecular complexity index is 589. The Morgan fingerprint density at radius 3 is 2.31 bits per heavy atom. The van der Waals surface area contributed by atoms with Crippen LogP contribution in [0.1, 0.15) is 24.4 Å². The van der Waals surface area contributed by atoms with Crippen molar-refractivity contribution in [3.8, 4) is 11.5 Å². The van der Waals surface area contributed by atoms with Gasteiger partial charge in [0.05, 0.1) is 11.6 Å². The molecule has 0 unspecified atom stereocenters. The number of benzene rings is 1. The molecular weight excluding hydrogens is 528 g/mol. The van der Waals surface area contributed by atoms with Crippen LogP contribution in [0.3, 0.4) is 0 Å². The average Bonchev–Trinajstić information content (AvgIpc) is 2.54. The Balaban J connectivity index is 0.00000312. The van der Waals surface area contributed by atoms with Gasteiger partial charge in [0, 0.05) is 43.1 Å². The standard InChI is InChI=1S/C15H19Br2F3N2O2.2ClH/c1-24-11-8-9(12(16)13(17)14(11)23)10(2-3-15(18,19)20)22-6-4-21-5-7-22;;/h8,10,21,23H,2-7H2,1H3;2*1H/t10-;;/m0../s1. The molecule has 0 spiro atoms. The second-order valence-electron chi connectivity index (χ2n) is 5.60. The molecule has 0 amide bonds. The molecule has 1 aliphatic rings. The van der Waals surface area contributed by atoms with Gasteiger partial charge in [0.25, 0.3) is 0 Å². The molecule has 152 valence electrons. The fourth-order valence-corrected chi connectivity index (χ4v) is 3.83. The van der Waals surface area contributed by atoms with Crippen molar-refractivity contribution in [2.24, 2.45) is 0 Å². The average molecular weight is 549 g/mol. The summed E-state index contributed by atoms with van der Waals surface area (Å²) in [6.45, 7) is 2.79. The van der Waals surface area contributed by atoms with Crippen molar-refractivity contribution in [3.05, 3.63) is 20.6 Å².